The zero-order chi connectivity index (χ0) is 9.84. The summed E-state index contributed by atoms with van der Waals surface area (Å²) in [5.74, 6) is 0.319. The Bertz CT molecular complexity index is 382. The molecule has 0 aliphatic heterocycles. The maximum absolute atomic E-state index is 10.6. The fourth-order valence-electron chi connectivity index (χ4n) is 0.940. The third-order valence-corrected chi connectivity index (χ3v) is 1.87. The first-order valence-corrected chi connectivity index (χ1v) is 3.83. The number of hydrogen-bond acceptors (Lipinski definition) is 3. The van der Waals surface area contributed by atoms with E-state index >= 15 is 0 Å². The van der Waals surface area contributed by atoms with Crippen LogP contribution in [0, 0.1) is 11.3 Å². The van der Waals surface area contributed by atoms with Crippen LogP contribution in [0.25, 0.3) is 0 Å². The average molecular weight is 196 g/mol. The molecule has 3 nitrogen and oxygen atoms in total. The van der Waals surface area contributed by atoms with E-state index in [2.05, 4.69) is 0 Å². The second-order valence-corrected chi connectivity index (χ2v) is 2.71. The molecule has 13 heavy (non-hydrogen) atoms. The highest BCUT2D eigenvalue weighted by Gasteiger charge is 2.08. The van der Waals surface area contributed by atoms with Gasteiger partial charge in [0.25, 0.3) is 0 Å². The maximum atomic E-state index is 10.6. The highest BCUT2D eigenvalue weighted by molar-refractivity contribution is 6.33. The van der Waals surface area contributed by atoms with Gasteiger partial charge in [-0.05, 0) is 12.1 Å². The first-order chi connectivity index (χ1) is 6.22. The second kappa shape index (κ2) is 3.92. The summed E-state index contributed by atoms with van der Waals surface area (Å²) in [6, 6.07) is 4.81. The van der Waals surface area contributed by atoms with Crippen molar-refractivity contribution in [2.24, 2.45) is 0 Å². The average Bonchev–Trinajstić information content (AvgIpc) is 2.16. The topological polar surface area (TPSA) is 50.1 Å². The Morgan fingerprint density at radius 3 is 2.77 bits per heavy atom. The molecule has 0 aliphatic rings. The molecule has 0 N–H and O–H groups in total. The van der Waals surface area contributed by atoms with Crippen LogP contribution in [0.2, 0.25) is 5.02 Å². The normalized spacial score (nSPS) is 9.00. The molecule has 0 radical (unpaired) electrons. The number of nitriles is 1. The molecule has 0 unspecified atom stereocenters. The Kier molecular flexibility index (Phi) is 2.88. The first-order valence-electron chi connectivity index (χ1n) is 3.45. The first kappa shape index (κ1) is 9.56. The number of nitrogens with zero attached hydrogens (tertiary/aromatic N) is 1. The third-order valence-electron chi connectivity index (χ3n) is 1.56. The van der Waals surface area contributed by atoms with Crippen LogP contribution in [0.15, 0.2) is 12.1 Å². The van der Waals surface area contributed by atoms with Crippen molar-refractivity contribution in [1.82, 2.24) is 0 Å². The van der Waals surface area contributed by atoms with Crippen LogP contribution in [0.3, 0.4) is 0 Å². The van der Waals surface area contributed by atoms with E-state index in [9.17, 15) is 4.79 Å². The lowest BCUT2D eigenvalue weighted by molar-refractivity contribution is 0.112. The maximum Gasteiger partial charge on any atom is 0.155 e. The third kappa shape index (κ3) is 1.79. The summed E-state index contributed by atoms with van der Waals surface area (Å²) in [7, 11) is 1.42. The molecule has 66 valence electrons. The van der Waals surface area contributed by atoms with Crippen molar-refractivity contribution >= 4 is 17.9 Å². The Balaban J connectivity index is 3.39. The van der Waals surface area contributed by atoms with Crippen molar-refractivity contribution in [1.29, 1.82) is 5.26 Å². The van der Waals surface area contributed by atoms with Crippen molar-refractivity contribution in [3.8, 4) is 11.8 Å². The zero-order valence-electron chi connectivity index (χ0n) is 6.87. The van der Waals surface area contributed by atoms with Crippen LogP contribution in [-0.2, 0) is 0 Å². The second-order valence-electron chi connectivity index (χ2n) is 2.30. The minimum absolute atomic E-state index is 0.228. The van der Waals surface area contributed by atoms with Crippen LogP contribution >= 0.6 is 11.6 Å². The predicted octanol–water partition coefficient (Wildman–Crippen LogP) is 2.03. The standard InChI is InChI=1S/C9H6ClNO2/c1-13-9-3-6(4-11)2-8(10)7(9)5-12/h2-3,5H,1H3. The Labute approximate surface area is 80.5 Å². The molecule has 0 bridgehead atoms. The molecule has 0 saturated carbocycles. The molecule has 0 atom stereocenters. The lowest BCUT2D eigenvalue weighted by Crippen LogP contribution is -1.92. The molecule has 0 fully saturated rings. The van der Waals surface area contributed by atoms with E-state index in [1.165, 1.54) is 19.2 Å². The summed E-state index contributed by atoms with van der Waals surface area (Å²) in [6.45, 7) is 0. The van der Waals surface area contributed by atoms with Crippen LogP contribution in [0.1, 0.15) is 15.9 Å². The number of benzene rings is 1. The number of ether oxygens (including phenoxy) is 1. The molecule has 0 heterocycles. The summed E-state index contributed by atoms with van der Waals surface area (Å²) in [4.78, 5) is 10.6. The molecular weight excluding hydrogens is 190 g/mol. The molecule has 0 amide bonds. The largest absolute Gasteiger partial charge is 0.496 e. The quantitative estimate of drug-likeness (QED) is 0.679. The summed E-state index contributed by atoms with van der Waals surface area (Å²) in [5, 5.41) is 8.82. The molecule has 1 aromatic carbocycles. The summed E-state index contributed by atoms with van der Waals surface area (Å²) < 4.78 is 4.89. The molecule has 1 rings (SSSR count). The molecule has 0 aromatic heterocycles. The Morgan fingerprint density at radius 1 is 1.62 bits per heavy atom. The van der Waals surface area contributed by atoms with Crippen molar-refractivity contribution in [3.63, 3.8) is 0 Å². The van der Waals surface area contributed by atoms with Gasteiger partial charge >= 0.3 is 0 Å². The highest BCUT2D eigenvalue weighted by atomic mass is 35.5. The van der Waals surface area contributed by atoms with Crippen LogP contribution < -0.4 is 4.74 Å². The number of carbonyl (C=O) groups excluding carboxylic acids is 1. The Hall–Kier alpha value is -1.53. The monoisotopic (exact) mass is 195 g/mol. The van der Waals surface area contributed by atoms with E-state index in [1.807, 2.05) is 6.07 Å². The van der Waals surface area contributed by atoms with E-state index in [4.69, 9.17) is 21.6 Å². The fraction of sp³-hybridized carbons (Fsp3) is 0.111. The number of rotatable bonds is 2. The molecule has 0 saturated heterocycles. The van der Waals surface area contributed by atoms with E-state index in [0.717, 1.165) is 0 Å². The highest BCUT2D eigenvalue weighted by Crippen LogP contribution is 2.26. The van der Waals surface area contributed by atoms with Crippen LogP contribution in [-0.4, -0.2) is 13.4 Å². The van der Waals surface area contributed by atoms with Crippen molar-refractivity contribution in [2.75, 3.05) is 7.11 Å². The summed E-state index contributed by atoms with van der Waals surface area (Å²) >= 11 is 5.73. The van der Waals surface area contributed by atoms with Gasteiger partial charge in [0.15, 0.2) is 6.29 Å². The number of aldehydes is 1. The van der Waals surface area contributed by atoms with Crippen LogP contribution in [0.5, 0.6) is 5.75 Å². The smallest absolute Gasteiger partial charge is 0.155 e. The summed E-state index contributed by atoms with van der Waals surface area (Å²) in [6.07, 6.45) is 0.600. The lowest BCUT2D eigenvalue weighted by Gasteiger charge is -2.04. The van der Waals surface area contributed by atoms with E-state index in [1.54, 1.807) is 0 Å². The van der Waals surface area contributed by atoms with Gasteiger partial charge < -0.3 is 4.74 Å². The fourth-order valence-corrected chi connectivity index (χ4v) is 1.20. The molecular formula is C9H6ClNO2. The van der Waals surface area contributed by atoms with Gasteiger partial charge in [-0.2, -0.15) is 5.26 Å². The van der Waals surface area contributed by atoms with Crippen LogP contribution in [0.4, 0.5) is 0 Å². The predicted molar refractivity (Wildman–Crippen MR) is 48.1 cm³/mol. The van der Waals surface area contributed by atoms with Gasteiger partial charge in [-0.1, -0.05) is 11.6 Å². The van der Waals surface area contributed by atoms with Gasteiger partial charge in [-0.25, -0.2) is 0 Å². The van der Waals surface area contributed by atoms with Gasteiger partial charge in [0.1, 0.15) is 5.75 Å². The number of carbonyl (C=O) groups is 1. The number of halogens is 1. The lowest BCUT2D eigenvalue weighted by atomic mass is 10.1. The summed E-state index contributed by atoms with van der Waals surface area (Å²) in [5.41, 5.74) is 0.635. The van der Waals surface area contributed by atoms with Gasteiger partial charge in [0, 0.05) is 0 Å². The minimum Gasteiger partial charge on any atom is -0.496 e. The molecule has 0 aliphatic carbocycles. The van der Waals surface area contributed by atoms with Crippen molar-refractivity contribution in [3.05, 3.63) is 28.3 Å². The number of hydrogen-bond donors (Lipinski definition) is 0. The Morgan fingerprint density at radius 2 is 2.31 bits per heavy atom. The molecule has 4 heteroatoms. The van der Waals surface area contributed by atoms with Gasteiger partial charge in [0.05, 0.1) is 29.3 Å². The molecule has 1 aromatic rings. The zero-order valence-corrected chi connectivity index (χ0v) is 7.63. The van der Waals surface area contributed by atoms with Crippen molar-refractivity contribution in [2.45, 2.75) is 0 Å². The van der Waals surface area contributed by atoms with E-state index < -0.39 is 0 Å². The molecule has 0 spiro atoms. The van der Waals surface area contributed by atoms with Crippen molar-refractivity contribution < 1.29 is 9.53 Å². The van der Waals surface area contributed by atoms with Gasteiger partial charge in [-0.15, -0.1) is 0 Å². The van der Waals surface area contributed by atoms with Gasteiger partial charge in [0.2, 0.25) is 0 Å². The van der Waals surface area contributed by atoms with E-state index in [-0.39, 0.29) is 10.6 Å². The SMILES string of the molecule is COc1cc(C#N)cc(Cl)c1C=O. The van der Waals surface area contributed by atoms with E-state index in [0.29, 0.717) is 17.6 Å². The minimum atomic E-state index is 0.228. The van der Waals surface area contributed by atoms with Gasteiger partial charge in [-0.3, -0.25) is 4.79 Å². The number of methoxy groups -OCH3 is 1.